The van der Waals surface area contributed by atoms with Crippen LogP contribution < -0.4 is 0 Å². The Kier molecular flexibility index (Phi) is 209. The molecule has 0 unspecified atom stereocenters. The average Bonchev–Trinajstić information content (AvgIpc) is 1.00. The van der Waals surface area contributed by atoms with Crippen molar-refractivity contribution in [3.8, 4) is 0 Å². The van der Waals surface area contributed by atoms with Crippen molar-refractivity contribution in [2.75, 3.05) is 0 Å². The van der Waals surface area contributed by atoms with Gasteiger partial charge in [-0.25, -0.2) is 0 Å². The zero-order valence-electron chi connectivity index (χ0n) is 3.07. The maximum absolute atomic E-state index is 7.94. The molecule has 0 aliphatic carbocycles. The van der Waals surface area contributed by atoms with Gasteiger partial charge < -0.3 is 0 Å². The molecule has 5 heteroatoms. The van der Waals surface area contributed by atoms with E-state index in [2.05, 4.69) is 15.7 Å². The van der Waals surface area contributed by atoms with Crippen LogP contribution in [0.25, 0.3) is 0 Å². The van der Waals surface area contributed by atoms with Crippen molar-refractivity contribution in [1.29, 1.82) is 0 Å². The van der Waals surface area contributed by atoms with Crippen molar-refractivity contribution < 1.29 is 36.3 Å². The molecule has 5 heavy (non-hydrogen) atoms. The monoisotopic (exact) mass is 148 g/mol. The van der Waals surface area contributed by atoms with Gasteiger partial charge in [0.25, 0.3) is 0 Å². The van der Waals surface area contributed by atoms with Gasteiger partial charge in [-0.3, -0.25) is 0 Å². The van der Waals surface area contributed by atoms with Crippen LogP contribution in [-0.2, 0) is 36.3 Å². The molecular formula is Co2Li2O. The van der Waals surface area contributed by atoms with Gasteiger partial charge >= 0.3 is 19.5 Å². The second kappa shape index (κ2) is 37.4. The van der Waals surface area contributed by atoms with Crippen LogP contribution in [0.3, 0.4) is 0 Å². The quantitative estimate of drug-likeness (QED) is 0.407. The van der Waals surface area contributed by atoms with Gasteiger partial charge in [-0.2, -0.15) is 0 Å². The van der Waals surface area contributed by atoms with Crippen LogP contribution in [0.1, 0.15) is 0 Å². The van der Waals surface area contributed by atoms with Gasteiger partial charge in [-0.05, 0) is 0 Å². The van der Waals surface area contributed by atoms with Crippen molar-refractivity contribution in [3.05, 3.63) is 0 Å². The van der Waals surface area contributed by atoms with Gasteiger partial charge in [0.1, 0.15) is 0 Å². The first-order chi connectivity index (χ1) is 1.00. The van der Waals surface area contributed by atoms with E-state index in [-0.39, 0.29) is 54.5 Å². The Labute approximate surface area is 73.4 Å². The molecule has 0 N–H and O–H groups in total. The summed E-state index contributed by atoms with van der Waals surface area (Å²) in [6.45, 7) is 0. The van der Waals surface area contributed by atoms with Gasteiger partial charge in [-0.1, -0.05) is 0 Å². The Morgan fingerprint density at radius 1 is 1.00 bits per heavy atom. The fourth-order valence-electron chi connectivity index (χ4n) is 0. The van der Waals surface area contributed by atoms with Crippen molar-refractivity contribution in [3.63, 3.8) is 0 Å². The second-order valence-corrected chi connectivity index (χ2v) is 0. The SMILES string of the molecule is [Co].[Li].[Li].[O]=[Co]. The molecule has 0 amide bonds. The third kappa shape index (κ3) is 23.9. The Balaban J connectivity index is -0.00000000167. The molecule has 0 heterocycles. The third-order valence-corrected chi connectivity index (χ3v) is 0. The predicted octanol–water partition coefficient (Wildman–Crippen LogP) is -0.885. The predicted molar refractivity (Wildman–Crippen MR) is 12.2 cm³/mol. The van der Waals surface area contributed by atoms with Crippen LogP contribution in [-0.4, -0.2) is 37.7 Å². The van der Waals surface area contributed by atoms with Crippen LogP contribution >= 0.6 is 0 Å². The Bertz CT molecular complexity index is 7.61. The van der Waals surface area contributed by atoms with Crippen LogP contribution in [0.2, 0.25) is 0 Å². The minimum atomic E-state index is 0. The van der Waals surface area contributed by atoms with Gasteiger partial charge in [0.2, 0.25) is 0 Å². The Morgan fingerprint density at radius 3 is 1.00 bits per heavy atom. The molecule has 0 rings (SSSR count). The fourth-order valence-corrected chi connectivity index (χ4v) is 0. The van der Waals surface area contributed by atoms with Gasteiger partial charge in [-0.15, -0.1) is 0 Å². The molecule has 0 bridgehead atoms. The van der Waals surface area contributed by atoms with E-state index < -0.39 is 0 Å². The molecule has 0 aliphatic heterocycles. The van der Waals surface area contributed by atoms with Crippen molar-refractivity contribution >= 4 is 37.7 Å². The molecule has 0 spiro atoms. The number of hydrogen-bond acceptors (Lipinski definition) is 1. The molecule has 0 aromatic rings. The summed E-state index contributed by atoms with van der Waals surface area (Å²) in [6, 6.07) is 0. The molecule has 0 aromatic carbocycles. The molecule has 3 radical (unpaired) electrons. The Hall–Kier alpha value is 2.01. The molecular weight excluding hydrogens is 148 g/mol. The van der Waals surface area contributed by atoms with E-state index in [1.165, 1.54) is 0 Å². The topological polar surface area (TPSA) is 17.1 Å². The van der Waals surface area contributed by atoms with E-state index in [9.17, 15) is 0 Å². The normalized spacial score (nSPS) is 1.00. The average molecular weight is 148 g/mol. The number of hydrogen-bond donors (Lipinski definition) is 0. The molecule has 0 saturated heterocycles. The van der Waals surface area contributed by atoms with Gasteiger partial charge in [0, 0.05) is 54.5 Å². The zero-order chi connectivity index (χ0) is 2.00. The third-order valence-electron chi connectivity index (χ3n) is 0. The fraction of sp³-hybridized carbons (Fsp3) is 0. The van der Waals surface area contributed by atoms with Gasteiger partial charge in [0.15, 0.2) is 0 Å². The van der Waals surface area contributed by atoms with Gasteiger partial charge in [0.05, 0.1) is 0 Å². The summed E-state index contributed by atoms with van der Waals surface area (Å²) in [5.41, 5.74) is 0. The zero-order valence-corrected chi connectivity index (χ0v) is 5.16. The first-order valence-electron chi connectivity index (χ1n) is 0.136. The van der Waals surface area contributed by atoms with Crippen LogP contribution in [0.15, 0.2) is 0 Å². The van der Waals surface area contributed by atoms with Crippen molar-refractivity contribution in [2.24, 2.45) is 0 Å². The van der Waals surface area contributed by atoms with Crippen molar-refractivity contribution in [1.82, 2.24) is 0 Å². The first kappa shape index (κ1) is 28.0. The van der Waals surface area contributed by atoms with E-state index in [4.69, 9.17) is 3.87 Å². The minimum absolute atomic E-state index is 0. The van der Waals surface area contributed by atoms with Crippen LogP contribution in [0, 0.1) is 0 Å². The standard InChI is InChI=1S/2Co.2Li.O. The number of rotatable bonds is 0. The molecule has 0 saturated carbocycles. The molecule has 0 aliphatic rings. The summed E-state index contributed by atoms with van der Waals surface area (Å²) >= 11 is 2.31. The summed E-state index contributed by atoms with van der Waals surface area (Å²) in [6.07, 6.45) is 0. The van der Waals surface area contributed by atoms with Crippen molar-refractivity contribution in [2.45, 2.75) is 0 Å². The molecule has 26 valence electrons. The first-order valence-corrected chi connectivity index (χ1v) is 0.561. The second-order valence-electron chi connectivity index (χ2n) is 0. The molecule has 0 fully saturated rings. The van der Waals surface area contributed by atoms with E-state index in [0.717, 1.165) is 0 Å². The van der Waals surface area contributed by atoms with E-state index in [0.29, 0.717) is 0 Å². The summed E-state index contributed by atoms with van der Waals surface area (Å²) < 4.78 is 7.94. The molecule has 1 nitrogen and oxygen atoms in total. The summed E-state index contributed by atoms with van der Waals surface area (Å²) in [5, 5.41) is 0. The van der Waals surface area contributed by atoms with E-state index in [1.807, 2.05) is 0 Å². The van der Waals surface area contributed by atoms with E-state index in [1.54, 1.807) is 0 Å². The Morgan fingerprint density at radius 2 is 1.00 bits per heavy atom. The van der Waals surface area contributed by atoms with E-state index >= 15 is 0 Å². The molecule has 0 aromatic heterocycles. The van der Waals surface area contributed by atoms with Crippen LogP contribution in [0.5, 0.6) is 0 Å². The maximum atomic E-state index is 7.94. The summed E-state index contributed by atoms with van der Waals surface area (Å²) in [7, 11) is 0. The summed E-state index contributed by atoms with van der Waals surface area (Å²) in [4.78, 5) is 0. The molecule has 0 atom stereocenters. The summed E-state index contributed by atoms with van der Waals surface area (Å²) in [5.74, 6) is 0. The van der Waals surface area contributed by atoms with Crippen LogP contribution in [0.4, 0.5) is 0 Å².